The maximum absolute atomic E-state index is 12.9. The highest BCUT2D eigenvalue weighted by atomic mass is 19.1. The van der Waals surface area contributed by atoms with Crippen molar-refractivity contribution in [2.45, 2.75) is 19.5 Å². The lowest BCUT2D eigenvalue weighted by Crippen LogP contribution is -2.37. The van der Waals surface area contributed by atoms with Gasteiger partial charge < -0.3 is 15.4 Å². The number of anilines is 1. The van der Waals surface area contributed by atoms with Crippen LogP contribution in [0.15, 0.2) is 72.8 Å². The van der Waals surface area contributed by atoms with Crippen LogP contribution in [0.3, 0.4) is 0 Å². The van der Waals surface area contributed by atoms with Crippen molar-refractivity contribution in [1.82, 2.24) is 5.32 Å². The lowest BCUT2D eigenvalue weighted by atomic mass is 10.2. The van der Waals surface area contributed by atoms with Crippen LogP contribution in [0.4, 0.5) is 10.1 Å². The maximum atomic E-state index is 12.9. The Morgan fingerprint density at radius 1 is 1.07 bits per heavy atom. The van der Waals surface area contributed by atoms with Gasteiger partial charge in [-0.2, -0.15) is 5.26 Å². The summed E-state index contributed by atoms with van der Waals surface area (Å²) in [6.07, 6.45) is 0. The molecule has 1 atom stereocenters. The molecule has 0 saturated heterocycles. The van der Waals surface area contributed by atoms with Crippen LogP contribution in [0, 0.1) is 17.1 Å². The van der Waals surface area contributed by atoms with Gasteiger partial charge >= 0.3 is 0 Å². The lowest BCUT2D eigenvalue weighted by molar-refractivity contribution is -0.121. The highest BCUT2D eigenvalue weighted by Crippen LogP contribution is 2.26. The number of amides is 1. The Morgan fingerprint density at radius 2 is 1.76 bits per heavy atom. The van der Waals surface area contributed by atoms with E-state index in [2.05, 4.69) is 16.7 Å². The quantitative estimate of drug-likeness (QED) is 0.619. The normalized spacial score (nSPS) is 11.2. The van der Waals surface area contributed by atoms with Gasteiger partial charge in [-0.3, -0.25) is 4.79 Å². The van der Waals surface area contributed by atoms with E-state index in [1.54, 1.807) is 67.6 Å². The number of ether oxygens (including phenoxy) is 1. The average molecular weight is 389 g/mol. The van der Waals surface area contributed by atoms with Gasteiger partial charge in [-0.25, -0.2) is 4.39 Å². The Kier molecular flexibility index (Phi) is 6.43. The zero-order valence-electron chi connectivity index (χ0n) is 15.9. The number of benzene rings is 3. The van der Waals surface area contributed by atoms with Crippen LogP contribution in [-0.4, -0.2) is 11.9 Å². The zero-order valence-corrected chi connectivity index (χ0v) is 15.9. The second kappa shape index (κ2) is 9.38. The summed E-state index contributed by atoms with van der Waals surface area (Å²) in [5, 5.41) is 15.1. The molecule has 0 aliphatic heterocycles. The molecule has 3 aromatic carbocycles. The Bertz CT molecular complexity index is 1010. The van der Waals surface area contributed by atoms with E-state index in [4.69, 9.17) is 10.00 Å². The third-order valence-electron chi connectivity index (χ3n) is 4.25. The lowest BCUT2D eigenvalue weighted by Gasteiger charge is -2.16. The van der Waals surface area contributed by atoms with E-state index in [9.17, 15) is 9.18 Å². The molecule has 0 heterocycles. The molecule has 29 heavy (non-hydrogen) atoms. The minimum atomic E-state index is -0.457. The van der Waals surface area contributed by atoms with E-state index in [1.807, 2.05) is 0 Å². The topological polar surface area (TPSA) is 74.1 Å². The summed E-state index contributed by atoms with van der Waals surface area (Å²) in [7, 11) is 0. The number of rotatable bonds is 7. The molecule has 0 saturated carbocycles. The van der Waals surface area contributed by atoms with Crippen LogP contribution >= 0.6 is 0 Å². The minimum absolute atomic E-state index is 0.169. The Balaban J connectivity index is 1.54. The molecule has 0 bridgehead atoms. The maximum Gasteiger partial charge on any atom is 0.242 e. The van der Waals surface area contributed by atoms with Crippen LogP contribution in [0.1, 0.15) is 18.1 Å². The first-order chi connectivity index (χ1) is 14.0. The second-order valence-corrected chi connectivity index (χ2v) is 6.44. The summed E-state index contributed by atoms with van der Waals surface area (Å²) in [6.45, 7) is 2.09. The highest BCUT2D eigenvalue weighted by Gasteiger charge is 2.12. The van der Waals surface area contributed by atoms with Gasteiger partial charge in [-0.1, -0.05) is 24.3 Å². The molecule has 1 amide bonds. The summed E-state index contributed by atoms with van der Waals surface area (Å²) in [5.41, 5.74) is 2.04. The van der Waals surface area contributed by atoms with Gasteiger partial charge in [0.2, 0.25) is 5.91 Å². The standard InChI is InChI=1S/C23H20FN3O2/c1-16(23(28)26-15-17-6-8-19(24)9-7-17)27-20-10-12-21(13-11-20)29-22-5-3-2-4-18(22)14-25/h2-13,16,27H,15H2,1H3,(H,26,28). The van der Waals surface area contributed by atoms with Gasteiger partial charge in [0.15, 0.2) is 0 Å². The Hall–Kier alpha value is -3.85. The van der Waals surface area contributed by atoms with Crippen molar-refractivity contribution in [1.29, 1.82) is 5.26 Å². The van der Waals surface area contributed by atoms with Gasteiger partial charge in [-0.15, -0.1) is 0 Å². The first-order valence-corrected chi connectivity index (χ1v) is 9.11. The van der Waals surface area contributed by atoms with Crippen molar-refractivity contribution in [2.24, 2.45) is 0 Å². The van der Waals surface area contributed by atoms with Crippen molar-refractivity contribution in [2.75, 3.05) is 5.32 Å². The van der Waals surface area contributed by atoms with Gasteiger partial charge in [0.25, 0.3) is 0 Å². The van der Waals surface area contributed by atoms with Crippen LogP contribution in [-0.2, 0) is 11.3 Å². The molecule has 0 aromatic heterocycles. The molecule has 0 radical (unpaired) electrons. The monoisotopic (exact) mass is 389 g/mol. The van der Waals surface area contributed by atoms with E-state index in [-0.39, 0.29) is 11.7 Å². The first kappa shape index (κ1) is 19.9. The molecule has 1 unspecified atom stereocenters. The summed E-state index contributed by atoms with van der Waals surface area (Å²) < 4.78 is 18.7. The summed E-state index contributed by atoms with van der Waals surface area (Å²) in [4.78, 5) is 12.3. The summed E-state index contributed by atoms with van der Waals surface area (Å²) >= 11 is 0. The van der Waals surface area contributed by atoms with E-state index in [1.165, 1.54) is 12.1 Å². The molecule has 0 aliphatic rings. The molecule has 0 fully saturated rings. The molecule has 2 N–H and O–H groups in total. The fourth-order valence-electron chi connectivity index (χ4n) is 2.65. The number of nitrogens with one attached hydrogen (secondary N) is 2. The van der Waals surface area contributed by atoms with E-state index >= 15 is 0 Å². The molecule has 3 aromatic rings. The van der Waals surface area contributed by atoms with E-state index < -0.39 is 6.04 Å². The fraction of sp³-hybridized carbons (Fsp3) is 0.130. The summed E-state index contributed by atoms with van der Waals surface area (Å²) in [6, 6.07) is 21.8. The number of carbonyl (C=O) groups is 1. The van der Waals surface area contributed by atoms with Gasteiger partial charge in [0.05, 0.1) is 5.56 Å². The molecule has 0 spiro atoms. The van der Waals surface area contributed by atoms with Crippen molar-refractivity contribution in [3.63, 3.8) is 0 Å². The van der Waals surface area contributed by atoms with E-state index in [0.717, 1.165) is 11.3 Å². The van der Waals surface area contributed by atoms with Gasteiger partial charge in [-0.05, 0) is 61.0 Å². The molecule has 0 aliphatic carbocycles. The van der Waals surface area contributed by atoms with Crippen LogP contribution < -0.4 is 15.4 Å². The number of hydrogen-bond acceptors (Lipinski definition) is 4. The minimum Gasteiger partial charge on any atom is -0.456 e. The molecule has 3 rings (SSSR count). The third-order valence-corrected chi connectivity index (χ3v) is 4.25. The number of nitriles is 1. The predicted molar refractivity (Wildman–Crippen MR) is 109 cm³/mol. The molecule has 5 nitrogen and oxygen atoms in total. The Labute approximate surface area is 168 Å². The van der Waals surface area contributed by atoms with Gasteiger partial charge in [0, 0.05) is 12.2 Å². The Morgan fingerprint density at radius 3 is 2.45 bits per heavy atom. The zero-order chi connectivity index (χ0) is 20.6. The van der Waals surface area contributed by atoms with Crippen molar-refractivity contribution < 1.29 is 13.9 Å². The number of halogens is 1. The molecule has 146 valence electrons. The number of hydrogen-bond donors (Lipinski definition) is 2. The highest BCUT2D eigenvalue weighted by molar-refractivity contribution is 5.84. The summed E-state index contributed by atoms with van der Waals surface area (Å²) in [5.74, 6) is 0.604. The average Bonchev–Trinajstić information content (AvgIpc) is 2.75. The molecular formula is C23H20FN3O2. The van der Waals surface area contributed by atoms with Crippen LogP contribution in [0.5, 0.6) is 11.5 Å². The molecule has 6 heteroatoms. The van der Waals surface area contributed by atoms with Crippen LogP contribution in [0.25, 0.3) is 0 Å². The van der Waals surface area contributed by atoms with Gasteiger partial charge in [0.1, 0.15) is 29.4 Å². The SMILES string of the molecule is CC(Nc1ccc(Oc2ccccc2C#N)cc1)C(=O)NCc1ccc(F)cc1. The van der Waals surface area contributed by atoms with E-state index in [0.29, 0.717) is 23.6 Å². The van der Waals surface area contributed by atoms with Crippen LogP contribution in [0.2, 0.25) is 0 Å². The van der Waals surface area contributed by atoms with Crippen molar-refractivity contribution in [3.05, 3.63) is 89.7 Å². The number of para-hydroxylation sites is 1. The number of nitrogens with zero attached hydrogens (tertiary/aromatic N) is 1. The van der Waals surface area contributed by atoms with Crippen molar-refractivity contribution >= 4 is 11.6 Å². The third kappa shape index (κ3) is 5.56. The largest absolute Gasteiger partial charge is 0.456 e. The smallest absolute Gasteiger partial charge is 0.242 e. The van der Waals surface area contributed by atoms with Crippen molar-refractivity contribution in [3.8, 4) is 17.6 Å². The predicted octanol–water partition coefficient (Wildman–Crippen LogP) is 4.61. The number of carbonyl (C=O) groups excluding carboxylic acids is 1. The first-order valence-electron chi connectivity index (χ1n) is 9.11. The fourth-order valence-corrected chi connectivity index (χ4v) is 2.65. The molecular weight excluding hydrogens is 369 g/mol. The second-order valence-electron chi connectivity index (χ2n) is 6.44.